The minimum atomic E-state index is -0.423. The number of primary amides is 1. The second-order valence-corrected chi connectivity index (χ2v) is 7.86. The molecule has 0 radical (unpaired) electrons. The third-order valence-corrected chi connectivity index (χ3v) is 6.41. The zero-order valence-electron chi connectivity index (χ0n) is 12.8. The summed E-state index contributed by atoms with van der Waals surface area (Å²) in [6.45, 7) is 0.712. The SMILES string of the molecule is NC(=O)c1ccc(C2CCCN2C(=O)c2nc3ccccc3s2)s1. The van der Waals surface area contributed by atoms with Crippen LogP contribution in [-0.4, -0.2) is 28.2 Å². The van der Waals surface area contributed by atoms with Crippen LogP contribution in [0.4, 0.5) is 0 Å². The van der Waals surface area contributed by atoms with Crippen LogP contribution in [-0.2, 0) is 0 Å². The topological polar surface area (TPSA) is 76.3 Å². The number of likely N-dealkylation sites (tertiary alicyclic amines) is 1. The lowest BCUT2D eigenvalue weighted by atomic mass is 10.2. The predicted molar refractivity (Wildman–Crippen MR) is 95.5 cm³/mol. The number of carbonyl (C=O) groups is 2. The molecule has 2 aromatic heterocycles. The van der Waals surface area contributed by atoms with Gasteiger partial charge in [0.05, 0.1) is 21.1 Å². The largest absolute Gasteiger partial charge is 0.365 e. The molecule has 0 spiro atoms. The van der Waals surface area contributed by atoms with Gasteiger partial charge in [0.2, 0.25) is 0 Å². The highest BCUT2D eigenvalue weighted by molar-refractivity contribution is 7.20. The van der Waals surface area contributed by atoms with Crippen molar-refractivity contribution in [3.05, 3.63) is 51.2 Å². The highest BCUT2D eigenvalue weighted by Gasteiger charge is 2.33. The molecule has 0 bridgehead atoms. The van der Waals surface area contributed by atoms with Gasteiger partial charge < -0.3 is 10.6 Å². The fourth-order valence-corrected chi connectivity index (χ4v) is 4.99. The van der Waals surface area contributed by atoms with Crippen LogP contribution in [0.5, 0.6) is 0 Å². The van der Waals surface area contributed by atoms with E-state index in [1.165, 1.54) is 22.7 Å². The number of amides is 2. The van der Waals surface area contributed by atoms with E-state index in [0.29, 0.717) is 16.4 Å². The van der Waals surface area contributed by atoms with Crippen molar-refractivity contribution in [1.82, 2.24) is 9.88 Å². The summed E-state index contributed by atoms with van der Waals surface area (Å²) in [5.41, 5.74) is 6.19. The first-order chi connectivity index (χ1) is 11.6. The Morgan fingerprint density at radius 1 is 1.17 bits per heavy atom. The molecule has 1 fully saturated rings. The minimum Gasteiger partial charge on any atom is -0.365 e. The van der Waals surface area contributed by atoms with Crippen molar-refractivity contribution in [3.63, 3.8) is 0 Å². The average molecular weight is 357 g/mol. The summed E-state index contributed by atoms with van der Waals surface area (Å²) in [6, 6.07) is 11.4. The van der Waals surface area contributed by atoms with Gasteiger partial charge in [-0.2, -0.15) is 0 Å². The molecule has 4 rings (SSSR count). The molecule has 0 saturated carbocycles. The van der Waals surface area contributed by atoms with E-state index in [-0.39, 0.29) is 11.9 Å². The van der Waals surface area contributed by atoms with Gasteiger partial charge in [0, 0.05) is 11.4 Å². The molecular weight excluding hydrogens is 342 g/mol. The van der Waals surface area contributed by atoms with Gasteiger partial charge in [0.15, 0.2) is 5.01 Å². The molecule has 3 aromatic rings. The van der Waals surface area contributed by atoms with E-state index < -0.39 is 5.91 Å². The first-order valence-corrected chi connectivity index (χ1v) is 9.33. The second kappa shape index (κ2) is 5.99. The standard InChI is InChI=1S/C17H15N3O2S2/c18-15(21)14-8-7-13(23-14)11-5-3-9-20(11)17(22)16-19-10-4-1-2-6-12(10)24-16/h1-2,4,6-8,11H,3,5,9H2,(H2,18,21). The number of hydrogen-bond acceptors (Lipinski definition) is 5. The normalized spacial score (nSPS) is 17.5. The van der Waals surface area contributed by atoms with E-state index in [1.54, 1.807) is 6.07 Å². The number of rotatable bonds is 3. The monoisotopic (exact) mass is 357 g/mol. The van der Waals surface area contributed by atoms with Gasteiger partial charge in [0.1, 0.15) is 0 Å². The Hall–Kier alpha value is -2.25. The number of thiophene rings is 1. The van der Waals surface area contributed by atoms with Crippen molar-refractivity contribution in [1.29, 1.82) is 0 Å². The number of nitrogens with zero attached hydrogens (tertiary/aromatic N) is 2. The van der Waals surface area contributed by atoms with E-state index >= 15 is 0 Å². The number of para-hydroxylation sites is 1. The van der Waals surface area contributed by atoms with Gasteiger partial charge in [-0.05, 0) is 37.1 Å². The van der Waals surface area contributed by atoms with E-state index in [2.05, 4.69) is 4.98 Å². The Morgan fingerprint density at radius 3 is 2.75 bits per heavy atom. The number of nitrogens with two attached hydrogens (primary N) is 1. The smallest absolute Gasteiger partial charge is 0.283 e. The van der Waals surface area contributed by atoms with Crippen molar-refractivity contribution in [3.8, 4) is 0 Å². The molecule has 3 heterocycles. The summed E-state index contributed by atoms with van der Waals surface area (Å²) < 4.78 is 1.02. The molecule has 1 aromatic carbocycles. The molecule has 122 valence electrons. The third-order valence-electron chi connectivity index (χ3n) is 4.19. The molecule has 1 atom stereocenters. The highest BCUT2D eigenvalue weighted by Crippen LogP contribution is 2.37. The number of hydrogen-bond donors (Lipinski definition) is 1. The van der Waals surface area contributed by atoms with Gasteiger partial charge in [0.25, 0.3) is 11.8 Å². The molecule has 1 aliphatic rings. The number of thiazole rings is 1. The van der Waals surface area contributed by atoms with Crippen molar-refractivity contribution in [2.75, 3.05) is 6.54 Å². The Bertz CT molecular complexity index is 898. The molecule has 1 unspecified atom stereocenters. The number of benzene rings is 1. The van der Waals surface area contributed by atoms with Gasteiger partial charge in [-0.15, -0.1) is 22.7 Å². The van der Waals surface area contributed by atoms with E-state index in [1.807, 2.05) is 35.2 Å². The van der Waals surface area contributed by atoms with Crippen molar-refractivity contribution < 1.29 is 9.59 Å². The maximum Gasteiger partial charge on any atom is 0.283 e. The summed E-state index contributed by atoms with van der Waals surface area (Å²) in [5, 5.41) is 0.523. The first kappa shape index (κ1) is 15.3. The Morgan fingerprint density at radius 2 is 2.00 bits per heavy atom. The van der Waals surface area contributed by atoms with E-state index in [0.717, 1.165) is 27.9 Å². The number of fused-ring (bicyclic) bond motifs is 1. The predicted octanol–water partition coefficient (Wildman–Crippen LogP) is 3.43. The van der Waals surface area contributed by atoms with Gasteiger partial charge in [-0.3, -0.25) is 9.59 Å². The Labute approximate surface area is 146 Å². The van der Waals surface area contributed by atoms with Crippen LogP contribution in [0.2, 0.25) is 0 Å². The quantitative estimate of drug-likeness (QED) is 0.780. The number of carbonyl (C=O) groups excluding carboxylic acids is 2. The molecule has 2 N–H and O–H groups in total. The fraction of sp³-hybridized carbons (Fsp3) is 0.235. The molecule has 0 aliphatic carbocycles. The maximum absolute atomic E-state index is 12.9. The molecule has 24 heavy (non-hydrogen) atoms. The molecule has 2 amide bonds. The highest BCUT2D eigenvalue weighted by atomic mass is 32.1. The van der Waals surface area contributed by atoms with Gasteiger partial charge in [-0.25, -0.2) is 4.98 Å². The molecule has 7 heteroatoms. The summed E-state index contributed by atoms with van der Waals surface area (Å²) in [5.74, 6) is -0.457. The maximum atomic E-state index is 12.9. The van der Waals surface area contributed by atoms with Gasteiger partial charge in [-0.1, -0.05) is 12.1 Å². The lowest BCUT2D eigenvalue weighted by Gasteiger charge is -2.22. The summed E-state index contributed by atoms with van der Waals surface area (Å²) >= 11 is 2.80. The van der Waals surface area contributed by atoms with Crippen molar-refractivity contribution in [2.24, 2.45) is 5.73 Å². The summed E-state index contributed by atoms with van der Waals surface area (Å²) in [4.78, 5) is 32.1. The number of aromatic nitrogens is 1. The third kappa shape index (κ3) is 2.59. The Balaban J connectivity index is 1.63. The van der Waals surface area contributed by atoms with E-state index in [9.17, 15) is 9.59 Å². The van der Waals surface area contributed by atoms with Crippen LogP contribution in [0.3, 0.4) is 0 Å². The van der Waals surface area contributed by atoms with Crippen molar-refractivity contribution >= 4 is 44.7 Å². The Kier molecular flexibility index (Phi) is 3.82. The summed E-state index contributed by atoms with van der Waals surface area (Å²) in [7, 11) is 0. The minimum absolute atomic E-state index is 0.00242. The molecule has 5 nitrogen and oxygen atoms in total. The van der Waals surface area contributed by atoms with E-state index in [4.69, 9.17) is 5.73 Å². The summed E-state index contributed by atoms with van der Waals surface area (Å²) in [6.07, 6.45) is 1.85. The van der Waals surface area contributed by atoms with Crippen LogP contribution in [0.25, 0.3) is 10.2 Å². The lowest BCUT2D eigenvalue weighted by molar-refractivity contribution is 0.0737. The molecule has 1 aliphatic heterocycles. The molecular formula is C17H15N3O2S2. The van der Waals surface area contributed by atoms with Crippen LogP contribution in [0.1, 0.15) is 43.2 Å². The lowest BCUT2D eigenvalue weighted by Crippen LogP contribution is -2.30. The van der Waals surface area contributed by atoms with Gasteiger partial charge >= 0.3 is 0 Å². The fourth-order valence-electron chi connectivity index (χ4n) is 3.06. The van der Waals surface area contributed by atoms with Crippen LogP contribution < -0.4 is 5.73 Å². The zero-order valence-corrected chi connectivity index (χ0v) is 14.4. The van der Waals surface area contributed by atoms with Crippen LogP contribution in [0.15, 0.2) is 36.4 Å². The zero-order chi connectivity index (χ0) is 16.7. The average Bonchev–Trinajstić information content (AvgIpc) is 3.30. The van der Waals surface area contributed by atoms with Crippen LogP contribution in [0, 0.1) is 0 Å². The first-order valence-electron chi connectivity index (χ1n) is 7.69. The second-order valence-electron chi connectivity index (χ2n) is 5.71. The van der Waals surface area contributed by atoms with Crippen LogP contribution >= 0.6 is 22.7 Å². The van der Waals surface area contributed by atoms with Crippen molar-refractivity contribution in [2.45, 2.75) is 18.9 Å². The molecule has 1 saturated heterocycles.